The van der Waals surface area contributed by atoms with Gasteiger partial charge in [-0.25, -0.2) is 0 Å². The van der Waals surface area contributed by atoms with Gasteiger partial charge in [0, 0.05) is 0 Å². The van der Waals surface area contributed by atoms with E-state index >= 15 is 0 Å². The molecule has 0 aromatic heterocycles. The molecule has 0 atom stereocenters. The van der Waals surface area contributed by atoms with E-state index in [2.05, 4.69) is 26.3 Å². The predicted octanol–water partition coefficient (Wildman–Crippen LogP) is 3.92. The second kappa shape index (κ2) is 10.2. The van der Waals surface area contributed by atoms with Gasteiger partial charge in [0.1, 0.15) is 0 Å². The molecule has 3 nitrogen and oxygen atoms in total. The van der Waals surface area contributed by atoms with Gasteiger partial charge in [0.25, 0.3) is 0 Å². The molecule has 0 aliphatic carbocycles. The summed E-state index contributed by atoms with van der Waals surface area (Å²) in [6.07, 6.45) is 7.54. The van der Waals surface area contributed by atoms with Crippen LogP contribution < -0.4 is 0 Å². The van der Waals surface area contributed by atoms with E-state index < -0.39 is 38.4 Å². The maximum atomic E-state index is 6.58. The van der Waals surface area contributed by atoms with Gasteiger partial charge in [0.2, 0.25) is 0 Å². The van der Waals surface area contributed by atoms with Crippen LogP contribution in [0.25, 0.3) is 0 Å². The zero-order chi connectivity index (χ0) is 14.8. The minimum atomic E-state index is -3.20. The molecule has 0 saturated carbocycles. The van der Waals surface area contributed by atoms with Crippen molar-refractivity contribution in [2.75, 3.05) is 14.2 Å². The summed E-state index contributed by atoms with van der Waals surface area (Å²) in [6.45, 7) is 15.3. The van der Waals surface area contributed by atoms with E-state index in [-0.39, 0.29) is 0 Å². The Kier molecular flexibility index (Phi) is 10.4. The van der Waals surface area contributed by atoms with Crippen LogP contribution in [0.5, 0.6) is 0 Å². The zero-order valence-corrected chi connectivity index (χ0v) is 17.9. The summed E-state index contributed by atoms with van der Waals surface area (Å²) in [5, 5.41) is 0. The topological polar surface area (TPSA) is 27.7 Å². The Morgan fingerprint density at radius 1 is 0.684 bits per heavy atom. The van der Waals surface area contributed by atoms with Crippen molar-refractivity contribution in [3.05, 3.63) is 50.6 Å². The van der Waals surface area contributed by atoms with E-state index in [4.69, 9.17) is 7.56 Å². The molecule has 0 aromatic rings. The Labute approximate surface area is 127 Å². The molecule has 19 heavy (non-hydrogen) atoms. The van der Waals surface area contributed by atoms with E-state index in [0.29, 0.717) is 0 Å². The number of hydrogen-bond acceptors (Lipinski definition) is 3. The van der Waals surface area contributed by atoms with Gasteiger partial charge in [-0.15, -0.1) is 0 Å². The van der Waals surface area contributed by atoms with Crippen molar-refractivity contribution in [1.82, 2.24) is 0 Å². The first-order chi connectivity index (χ1) is 9.07. The van der Waals surface area contributed by atoms with E-state index in [1.807, 2.05) is 24.3 Å². The van der Waals surface area contributed by atoms with Gasteiger partial charge in [-0.3, -0.25) is 0 Å². The quantitative estimate of drug-likeness (QED) is 0.314. The van der Waals surface area contributed by atoms with Crippen molar-refractivity contribution in [3.8, 4) is 0 Å². The summed E-state index contributed by atoms with van der Waals surface area (Å²) in [7, 11) is 3.47. The molecule has 0 N–H and O–H groups in total. The standard InChI is InChI=1S/4C3H5.2CH3O.O.2Sn/c4*1-3-2;2*1-2;;;/h4*3H,1-2H2;2*1H3;;;/q;;;;2*-1;;2*+1. The molecule has 108 valence electrons. The van der Waals surface area contributed by atoms with Crippen molar-refractivity contribution in [2.24, 2.45) is 0 Å². The maximum absolute atomic E-state index is 6.58. The van der Waals surface area contributed by atoms with Crippen LogP contribution in [0.2, 0.25) is 17.7 Å². The summed E-state index contributed by atoms with van der Waals surface area (Å²) in [5.74, 6) is 0. The van der Waals surface area contributed by atoms with Crippen LogP contribution in [-0.2, 0) is 7.56 Å². The van der Waals surface area contributed by atoms with Gasteiger partial charge in [-0.05, 0) is 0 Å². The third kappa shape index (κ3) is 6.16. The van der Waals surface area contributed by atoms with Crippen LogP contribution in [0.1, 0.15) is 0 Å². The third-order valence-corrected chi connectivity index (χ3v) is 33.9. The fourth-order valence-corrected chi connectivity index (χ4v) is 35.8. The first-order valence-corrected chi connectivity index (χ1v) is 19.0. The van der Waals surface area contributed by atoms with Crippen molar-refractivity contribution in [1.29, 1.82) is 0 Å². The third-order valence-electron chi connectivity index (χ3n) is 2.94. The molecule has 0 aromatic carbocycles. The second-order valence-electron chi connectivity index (χ2n) is 4.30. The molecule has 0 heterocycles. The van der Waals surface area contributed by atoms with Gasteiger partial charge in [0.05, 0.1) is 0 Å². The molecule has 0 saturated heterocycles. The van der Waals surface area contributed by atoms with Crippen molar-refractivity contribution in [3.63, 3.8) is 0 Å². The molecule has 0 aliphatic heterocycles. The van der Waals surface area contributed by atoms with Gasteiger partial charge in [-0.1, -0.05) is 0 Å². The van der Waals surface area contributed by atoms with Crippen LogP contribution in [0.3, 0.4) is 0 Å². The normalized spacial score (nSPS) is 11.9. The number of rotatable bonds is 12. The molecule has 0 aliphatic rings. The number of hydrogen-bond donors (Lipinski definition) is 0. The Balaban J connectivity index is 5.29. The van der Waals surface area contributed by atoms with E-state index in [9.17, 15) is 0 Å². The Morgan fingerprint density at radius 2 is 0.947 bits per heavy atom. The van der Waals surface area contributed by atoms with Crippen LogP contribution in [-0.4, -0.2) is 52.6 Å². The second-order valence-corrected chi connectivity index (χ2v) is 26.2. The Bertz CT molecular complexity index is 266. The molecule has 0 rings (SSSR count). The monoisotopic (exact) mass is 482 g/mol. The average molecular weight is 480 g/mol. The van der Waals surface area contributed by atoms with Gasteiger partial charge >= 0.3 is 129 Å². The molecule has 0 fully saturated rings. The fraction of sp³-hybridized carbons (Fsp3) is 0.429. The van der Waals surface area contributed by atoms with Gasteiger partial charge in [0.15, 0.2) is 0 Å². The van der Waals surface area contributed by atoms with Gasteiger partial charge in [-0.2, -0.15) is 0 Å². The molecule has 0 bridgehead atoms. The summed E-state index contributed by atoms with van der Waals surface area (Å²) < 4.78 is 21.4. The first-order valence-electron chi connectivity index (χ1n) is 6.31. The Hall–Kier alpha value is 0.437. The Morgan fingerprint density at radius 3 is 1.11 bits per heavy atom. The van der Waals surface area contributed by atoms with E-state index in [0.717, 1.165) is 17.7 Å². The summed E-state index contributed by atoms with van der Waals surface area (Å²) in [5.41, 5.74) is 0. The van der Waals surface area contributed by atoms with Crippen molar-refractivity contribution >= 4 is 38.4 Å². The van der Waals surface area contributed by atoms with Crippen LogP contribution in [0.15, 0.2) is 50.6 Å². The molecule has 0 radical (unpaired) electrons. The number of allylic oxidation sites excluding steroid dienone is 4. The van der Waals surface area contributed by atoms with Crippen molar-refractivity contribution in [2.45, 2.75) is 17.7 Å². The summed E-state index contributed by atoms with van der Waals surface area (Å²) in [6, 6.07) is 0. The molecule has 0 spiro atoms. The molecule has 5 heteroatoms. The van der Waals surface area contributed by atoms with Crippen molar-refractivity contribution < 1.29 is 7.56 Å². The molecule has 0 amide bonds. The molecular weight excluding hydrogens is 454 g/mol. The summed E-state index contributed by atoms with van der Waals surface area (Å²) >= 11 is -6.40. The zero-order valence-electron chi connectivity index (χ0n) is 12.2. The fourth-order valence-electron chi connectivity index (χ4n) is 1.97. The van der Waals surface area contributed by atoms with E-state index in [1.54, 1.807) is 14.2 Å². The summed E-state index contributed by atoms with van der Waals surface area (Å²) in [4.78, 5) is 0. The first kappa shape index (κ1) is 19.4. The predicted molar refractivity (Wildman–Crippen MR) is 86.6 cm³/mol. The molecule has 0 unspecified atom stereocenters. The van der Waals surface area contributed by atoms with Gasteiger partial charge < -0.3 is 0 Å². The van der Waals surface area contributed by atoms with Crippen LogP contribution >= 0.6 is 0 Å². The van der Waals surface area contributed by atoms with E-state index in [1.165, 1.54) is 0 Å². The SMILES string of the molecule is C=C[CH2][Sn]([CH2]C=C)([O]C)[O][Sn]([CH2]C=C)([CH2]C=C)[O]C. The average Bonchev–Trinajstić information content (AvgIpc) is 2.39. The molecular formula is C14H26O3Sn2. The van der Waals surface area contributed by atoms with Crippen LogP contribution in [0.4, 0.5) is 0 Å². The van der Waals surface area contributed by atoms with Crippen LogP contribution in [0, 0.1) is 0 Å². The minimum absolute atomic E-state index is 0.799.